The van der Waals surface area contributed by atoms with E-state index in [1.54, 1.807) is 6.07 Å². The number of halogens is 3. The maximum absolute atomic E-state index is 13.7. The molecule has 1 amide bonds. The first-order chi connectivity index (χ1) is 7.49. The molecule has 2 N–H and O–H groups in total. The summed E-state index contributed by atoms with van der Waals surface area (Å²) in [7, 11) is 0. The van der Waals surface area contributed by atoms with Crippen molar-refractivity contribution in [3.8, 4) is 0 Å². The van der Waals surface area contributed by atoms with Crippen LogP contribution in [0, 0.1) is 5.82 Å². The molecule has 1 atom stereocenters. The molecular weight excluding hydrogens is 343 g/mol. The van der Waals surface area contributed by atoms with Crippen molar-refractivity contribution in [3.63, 3.8) is 0 Å². The van der Waals surface area contributed by atoms with E-state index < -0.39 is 5.82 Å². The van der Waals surface area contributed by atoms with Crippen LogP contribution in [0.3, 0.4) is 0 Å². The Morgan fingerprint density at radius 1 is 1.50 bits per heavy atom. The molecule has 0 aromatic heterocycles. The second-order valence-corrected chi connectivity index (χ2v) is 5.84. The number of hydrogen-bond donors (Lipinski definition) is 1. The van der Waals surface area contributed by atoms with Gasteiger partial charge in [-0.3, -0.25) is 4.79 Å². The Morgan fingerprint density at radius 3 is 2.69 bits per heavy atom. The highest BCUT2D eigenvalue weighted by atomic mass is 79.9. The van der Waals surface area contributed by atoms with Crippen LogP contribution in [-0.2, 0) is 4.79 Å². The minimum atomic E-state index is -0.484. The van der Waals surface area contributed by atoms with Crippen molar-refractivity contribution in [2.45, 2.75) is 11.2 Å². The van der Waals surface area contributed by atoms with Crippen molar-refractivity contribution in [2.75, 3.05) is 17.2 Å². The SMILES string of the molecule is Nc1cc(Br)cc(F)c1N1CC(Br)CC1=O. The number of amides is 1. The molecule has 3 nitrogen and oxygen atoms in total. The molecule has 86 valence electrons. The molecule has 1 heterocycles. The molecule has 1 aromatic rings. The topological polar surface area (TPSA) is 46.3 Å². The van der Waals surface area contributed by atoms with Gasteiger partial charge in [0.1, 0.15) is 11.5 Å². The first kappa shape index (κ1) is 11.9. The summed E-state index contributed by atoms with van der Waals surface area (Å²) in [6, 6.07) is 2.90. The molecule has 0 radical (unpaired) electrons. The number of benzene rings is 1. The van der Waals surface area contributed by atoms with Gasteiger partial charge in [0.25, 0.3) is 0 Å². The predicted molar refractivity (Wildman–Crippen MR) is 68.2 cm³/mol. The normalized spacial score (nSPS) is 20.6. The van der Waals surface area contributed by atoms with Gasteiger partial charge in [0, 0.05) is 22.3 Å². The summed E-state index contributed by atoms with van der Waals surface area (Å²) in [4.78, 5) is 13.1. The van der Waals surface area contributed by atoms with Crippen molar-refractivity contribution < 1.29 is 9.18 Å². The Morgan fingerprint density at radius 2 is 2.19 bits per heavy atom. The third kappa shape index (κ3) is 2.08. The van der Waals surface area contributed by atoms with Gasteiger partial charge in [0.05, 0.1) is 5.69 Å². The van der Waals surface area contributed by atoms with Crippen molar-refractivity contribution in [1.29, 1.82) is 0 Å². The summed E-state index contributed by atoms with van der Waals surface area (Å²) in [6.45, 7) is 0.446. The largest absolute Gasteiger partial charge is 0.397 e. The summed E-state index contributed by atoms with van der Waals surface area (Å²) in [6.07, 6.45) is 0.370. The zero-order chi connectivity index (χ0) is 11.9. The Kier molecular flexibility index (Phi) is 3.21. The molecule has 1 fully saturated rings. The lowest BCUT2D eigenvalue weighted by Crippen LogP contribution is -2.26. The number of nitrogens with zero attached hydrogens (tertiary/aromatic N) is 1. The number of carbonyl (C=O) groups is 1. The lowest BCUT2D eigenvalue weighted by molar-refractivity contribution is -0.117. The van der Waals surface area contributed by atoms with Crippen LogP contribution in [0.2, 0.25) is 0 Å². The Bertz CT molecular complexity index is 429. The van der Waals surface area contributed by atoms with Gasteiger partial charge in [-0.05, 0) is 12.1 Å². The number of carbonyl (C=O) groups excluding carboxylic acids is 1. The van der Waals surface area contributed by atoms with E-state index in [1.165, 1.54) is 11.0 Å². The summed E-state index contributed by atoms with van der Waals surface area (Å²) >= 11 is 6.49. The highest BCUT2D eigenvalue weighted by Gasteiger charge is 2.31. The van der Waals surface area contributed by atoms with Gasteiger partial charge in [0.15, 0.2) is 0 Å². The highest BCUT2D eigenvalue weighted by Crippen LogP contribution is 2.34. The molecule has 1 aromatic carbocycles. The maximum Gasteiger partial charge on any atom is 0.228 e. The third-order valence-corrected chi connectivity index (χ3v) is 3.48. The molecule has 1 aliphatic heterocycles. The van der Waals surface area contributed by atoms with E-state index in [4.69, 9.17) is 5.73 Å². The Hall–Kier alpha value is -0.620. The lowest BCUT2D eigenvalue weighted by Gasteiger charge is -2.19. The van der Waals surface area contributed by atoms with E-state index in [2.05, 4.69) is 31.9 Å². The van der Waals surface area contributed by atoms with Crippen LogP contribution in [0.5, 0.6) is 0 Å². The first-order valence-electron chi connectivity index (χ1n) is 4.68. The standard InChI is InChI=1S/C10H9Br2FN2O/c11-5-1-7(13)10(8(14)2-5)15-4-6(12)3-9(15)16/h1-2,6H,3-4,14H2. The van der Waals surface area contributed by atoms with E-state index in [0.29, 0.717) is 17.4 Å². The van der Waals surface area contributed by atoms with Crippen LogP contribution in [0.25, 0.3) is 0 Å². The van der Waals surface area contributed by atoms with Gasteiger partial charge in [-0.1, -0.05) is 31.9 Å². The average molecular weight is 352 g/mol. The van der Waals surface area contributed by atoms with Crippen molar-refractivity contribution >= 4 is 49.1 Å². The van der Waals surface area contributed by atoms with Crippen molar-refractivity contribution in [2.24, 2.45) is 0 Å². The van der Waals surface area contributed by atoms with E-state index in [0.717, 1.165) is 0 Å². The molecule has 0 bridgehead atoms. The maximum atomic E-state index is 13.7. The molecule has 1 aliphatic rings. The number of alkyl halides is 1. The molecular formula is C10H9Br2FN2O. The predicted octanol–water partition coefficient (Wildman–Crippen LogP) is 2.67. The van der Waals surface area contributed by atoms with Crippen LogP contribution >= 0.6 is 31.9 Å². The molecule has 6 heteroatoms. The van der Waals surface area contributed by atoms with Gasteiger partial charge in [0.2, 0.25) is 5.91 Å². The molecule has 0 spiro atoms. The molecule has 16 heavy (non-hydrogen) atoms. The average Bonchev–Trinajstić information content (AvgIpc) is 2.43. The minimum Gasteiger partial charge on any atom is -0.397 e. The molecule has 2 rings (SSSR count). The number of rotatable bonds is 1. The van der Waals surface area contributed by atoms with Crippen LogP contribution < -0.4 is 10.6 Å². The smallest absolute Gasteiger partial charge is 0.228 e. The Balaban J connectivity index is 2.44. The zero-order valence-corrected chi connectivity index (χ0v) is 11.4. The van der Waals surface area contributed by atoms with Gasteiger partial charge < -0.3 is 10.6 Å². The van der Waals surface area contributed by atoms with Crippen LogP contribution in [0.15, 0.2) is 16.6 Å². The molecule has 0 aliphatic carbocycles. The zero-order valence-electron chi connectivity index (χ0n) is 8.21. The third-order valence-electron chi connectivity index (χ3n) is 2.41. The summed E-state index contributed by atoms with van der Waals surface area (Å²) in [5, 5.41) is 0. The van der Waals surface area contributed by atoms with Gasteiger partial charge in [-0.25, -0.2) is 4.39 Å². The lowest BCUT2D eigenvalue weighted by atomic mass is 10.2. The van der Waals surface area contributed by atoms with Crippen molar-refractivity contribution in [1.82, 2.24) is 0 Å². The molecule has 1 saturated heterocycles. The van der Waals surface area contributed by atoms with E-state index >= 15 is 0 Å². The highest BCUT2D eigenvalue weighted by molar-refractivity contribution is 9.10. The second-order valence-electron chi connectivity index (χ2n) is 3.63. The van der Waals surface area contributed by atoms with E-state index in [-0.39, 0.29) is 22.1 Å². The number of nitrogens with two attached hydrogens (primary N) is 1. The number of anilines is 2. The summed E-state index contributed by atoms with van der Waals surface area (Å²) in [5.41, 5.74) is 6.17. The summed E-state index contributed by atoms with van der Waals surface area (Å²) < 4.78 is 14.3. The van der Waals surface area contributed by atoms with Crippen LogP contribution in [-0.4, -0.2) is 17.3 Å². The fourth-order valence-corrected chi connectivity index (χ4v) is 2.76. The first-order valence-corrected chi connectivity index (χ1v) is 6.39. The quantitative estimate of drug-likeness (QED) is 0.624. The fraction of sp³-hybridized carbons (Fsp3) is 0.300. The number of hydrogen-bond acceptors (Lipinski definition) is 2. The fourth-order valence-electron chi connectivity index (χ4n) is 1.75. The molecule has 0 saturated carbocycles. The van der Waals surface area contributed by atoms with E-state index in [9.17, 15) is 9.18 Å². The second kappa shape index (κ2) is 4.33. The minimum absolute atomic E-state index is 0.0578. The van der Waals surface area contributed by atoms with Gasteiger partial charge in [-0.2, -0.15) is 0 Å². The Labute approximate surface area is 109 Å². The molecule has 1 unspecified atom stereocenters. The summed E-state index contributed by atoms with van der Waals surface area (Å²) in [5.74, 6) is -0.600. The van der Waals surface area contributed by atoms with Gasteiger partial charge in [-0.15, -0.1) is 0 Å². The monoisotopic (exact) mass is 350 g/mol. The van der Waals surface area contributed by atoms with Gasteiger partial charge >= 0.3 is 0 Å². The van der Waals surface area contributed by atoms with E-state index in [1.807, 2.05) is 0 Å². The number of nitrogen functional groups attached to an aromatic ring is 1. The van der Waals surface area contributed by atoms with Crippen LogP contribution in [0.1, 0.15) is 6.42 Å². The van der Waals surface area contributed by atoms with Crippen molar-refractivity contribution in [3.05, 3.63) is 22.4 Å². The van der Waals surface area contributed by atoms with Crippen LogP contribution in [0.4, 0.5) is 15.8 Å².